The highest BCUT2D eigenvalue weighted by Gasteiger charge is 2.35. The molecule has 0 aliphatic heterocycles. The summed E-state index contributed by atoms with van der Waals surface area (Å²) in [6.45, 7) is 11.3. The van der Waals surface area contributed by atoms with E-state index in [9.17, 15) is 18.0 Å². The van der Waals surface area contributed by atoms with Gasteiger partial charge in [-0.2, -0.15) is 0 Å². The molecule has 1 aromatic rings. The molecule has 2 atom stereocenters. The van der Waals surface area contributed by atoms with Gasteiger partial charge >= 0.3 is 0 Å². The Balaban J connectivity index is 2.97. The Morgan fingerprint density at radius 2 is 1.64 bits per heavy atom. The van der Waals surface area contributed by atoms with Crippen LogP contribution in [0.15, 0.2) is 41.3 Å². The van der Waals surface area contributed by atoms with Crippen LogP contribution >= 0.6 is 0 Å². The summed E-state index contributed by atoms with van der Waals surface area (Å²) in [5.41, 5.74) is 0.675. The van der Waals surface area contributed by atoms with Crippen molar-refractivity contribution in [1.29, 1.82) is 0 Å². The Morgan fingerprint density at radius 1 is 1.09 bits per heavy atom. The maximum absolute atomic E-state index is 13.0. The second-order valence-electron chi connectivity index (χ2n) is 9.57. The zero-order chi connectivity index (χ0) is 25.6. The normalized spacial score (nSPS) is 14.8. The molecule has 186 valence electrons. The lowest BCUT2D eigenvalue weighted by molar-refractivity contribution is -0.135. The first kappa shape index (κ1) is 28.8. The Kier molecular flexibility index (Phi) is 10.3. The number of sulfonamides is 1. The summed E-state index contributed by atoms with van der Waals surface area (Å²) >= 11 is 0. The van der Waals surface area contributed by atoms with Crippen molar-refractivity contribution in [3.05, 3.63) is 46.9 Å². The van der Waals surface area contributed by atoms with Crippen molar-refractivity contribution in [2.75, 3.05) is 27.7 Å². The molecule has 0 radical (unpaired) electrons. The maximum Gasteiger partial charge on any atom is 0.242 e. The van der Waals surface area contributed by atoms with Crippen LogP contribution in [0.4, 0.5) is 0 Å². The van der Waals surface area contributed by atoms with E-state index in [1.807, 2.05) is 65.0 Å². The van der Waals surface area contributed by atoms with E-state index in [1.54, 1.807) is 13.1 Å². The molecule has 2 amide bonds. The van der Waals surface area contributed by atoms with Crippen molar-refractivity contribution in [2.24, 2.45) is 11.8 Å². The van der Waals surface area contributed by atoms with Crippen molar-refractivity contribution < 1.29 is 18.0 Å². The molecular weight excluding hydrogens is 438 g/mol. The summed E-state index contributed by atoms with van der Waals surface area (Å²) in [4.78, 5) is 27.6. The minimum atomic E-state index is -3.56. The highest BCUT2D eigenvalue weighted by molar-refractivity contribution is 7.92. The van der Waals surface area contributed by atoms with E-state index >= 15 is 0 Å². The van der Waals surface area contributed by atoms with Gasteiger partial charge in [0.15, 0.2) is 0 Å². The van der Waals surface area contributed by atoms with Crippen LogP contribution in [0.2, 0.25) is 0 Å². The van der Waals surface area contributed by atoms with Gasteiger partial charge in [0.2, 0.25) is 21.8 Å². The Morgan fingerprint density at radius 3 is 2.09 bits per heavy atom. The number of hydrogen-bond acceptors (Lipinski definition) is 4. The molecule has 0 saturated carbocycles. The molecule has 0 spiro atoms. The fourth-order valence-corrected chi connectivity index (χ4v) is 4.92. The predicted molar refractivity (Wildman–Crippen MR) is 134 cm³/mol. The van der Waals surface area contributed by atoms with Crippen molar-refractivity contribution in [3.63, 3.8) is 0 Å². The maximum atomic E-state index is 13.0. The summed E-state index contributed by atoms with van der Waals surface area (Å²) in [5, 5.41) is 2.81. The summed E-state index contributed by atoms with van der Waals surface area (Å²) in [7, 11) is 1.02. The summed E-state index contributed by atoms with van der Waals surface area (Å²) in [6.07, 6.45) is 2.24. The highest BCUT2D eigenvalue weighted by Crippen LogP contribution is 2.33. The molecule has 8 heteroatoms. The molecule has 0 aliphatic rings. The molecule has 7 nitrogen and oxygen atoms in total. The summed E-state index contributed by atoms with van der Waals surface area (Å²) in [5.74, 6) is -0.759. The number of nitrogens with one attached hydrogen (secondary N) is 1. The number of nitrogens with zero attached hydrogens (tertiary/aromatic N) is 2. The van der Waals surface area contributed by atoms with E-state index in [1.165, 1.54) is 25.9 Å². The third-order valence-corrected chi connectivity index (χ3v) is 8.26. The van der Waals surface area contributed by atoms with Crippen LogP contribution in [-0.4, -0.2) is 63.2 Å². The summed E-state index contributed by atoms with van der Waals surface area (Å²) < 4.78 is 26.0. The molecule has 33 heavy (non-hydrogen) atoms. The lowest BCUT2D eigenvalue weighted by Gasteiger charge is -2.34. The number of carbonyl (C=O) groups is 2. The van der Waals surface area contributed by atoms with E-state index in [0.717, 1.165) is 9.87 Å². The molecule has 0 unspecified atom stereocenters. The van der Waals surface area contributed by atoms with Crippen LogP contribution < -0.4 is 5.32 Å². The molecule has 0 aliphatic carbocycles. The summed E-state index contributed by atoms with van der Waals surface area (Å²) in [6, 6.07) is 9.46. The molecule has 0 fully saturated rings. The zero-order valence-corrected chi connectivity index (χ0v) is 22.4. The lowest BCUT2D eigenvalue weighted by Crippen LogP contribution is -2.48. The first-order chi connectivity index (χ1) is 15.2. The van der Waals surface area contributed by atoms with Crippen molar-refractivity contribution in [2.45, 2.75) is 59.4 Å². The molecule has 1 rings (SSSR count). The van der Waals surface area contributed by atoms with Crippen molar-refractivity contribution in [3.8, 4) is 0 Å². The minimum absolute atomic E-state index is 0.0117. The van der Waals surface area contributed by atoms with Crippen LogP contribution in [0.1, 0.15) is 53.5 Å². The molecular formula is C25H41N3O4S. The first-order valence-electron chi connectivity index (χ1n) is 11.4. The Labute approximate surface area is 200 Å². The van der Waals surface area contributed by atoms with E-state index in [4.69, 9.17) is 0 Å². The average Bonchev–Trinajstić information content (AvgIpc) is 2.75. The lowest BCUT2D eigenvalue weighted by atomic mass is 9.71. The topological polar surface area (TPSA) is 86.8 Å². The van der Waals surface area contributed by atoms with Gasteiger partial charge in [-0.15, -0.1) is 0 Å². The number of allylic oxidation sites excluding steroid dienone is 1. The number of rotatable bonds is 11. The van der Waals surface area contributed by atoms with Crippen molar-refractivity contribution >= 4 is 21.8 Å². The monoisotopic (exact) mass is 479 g/mol. The van der Waals surface area contributed by atoms with E-state index in [-0.39, 0.29) is 35.1 Å². The van der Waals surface area contributed by atoms with Gasteiger partial charge in [-0.3, -0.25) is 9.59 Å². The zero-order valence-electron chi connectivity index (χ0n) is 21.5. The number of carbonyl (C=O) groups excluding carboxylic acids is 2. The van der Waals surface area contributed by atoms with Gasteiger partial charge in [-0.05, 0) is 30.9 Å². The fraction of sp³-hybridized carbons (Fsp3) is 0.600. The predicted octanol–water partition coefficient (Wildman–Crippen LogP) is 3.38. The average molecular weight is 480 g/mol. The number of amides is 2. The molecule has 0 bridgehead atoms. The van der Waals surface area contributed by atoms with Crippen LogP contribution in [0, 0.1) is 11.8 Å². The van der Waals surface area contributed by atoms with Crippen LogP contribution in [0.25, 0.3) is 0 Å². The number of hydrogen-bond donors (Lipinski definition) is 1. The molecule has 0 aromatic heterocycles. The molecule has 0 heterocycles. The quantitative estimate of drug-likeness (QED) is 0.527. The number of likely N-dealkylation sites (N-methyl/N-ethyl adjacent to an activating group) is 1. The van der Waals surface area contributed by atoms with E-state index in [0.29, 0.717) is 6.42 Å². The fourth-order valence-electron chi connectivity index (χ4n) is 4.04. The van der Waals surface area contributed by atoms with E-state index < -0.39 is 21.5 Å². The van der Waals surface area contributed by atoms with Gasteiger partial charge in [-0.1, -0.05) is 65.0 Å². The van der Waals surface area contributed by atoms with E-state index in [2.05, 4.69) is 5.32 Å². The van der Waals surface area contributed by atoms with Gasteiger partial charge < -0.3 is 10.2 Å². The third kappa shape index (κ3) is 7.14. The van der Waals surface area contributed by atoms with Crippen LogP contribution in [-0.2, 0) is 25.0 Å². The van der Waals surface area contributed by atoms with Gasteiger partial charge in [0.05, 0.1) is 17.5 Å². The van der Waals surface area contributed by atoms with Gasteiger partial charge in [-0.25, -0.2) is 12.7 Å². The van der Waals surface area contributed by atoms with Gasteiger partial charge in [0.1, 0.15) is 0 Å². The smallest absolute Gasteiger partial charge is 0.242 e. The molecule has 1 aromatic carbocycles. The minimum Gasteiger partial charge on any atom is -0.347 e. The second kappa shape index (κ2) is 11.8. The largest absolute Gasteiger partial charge is 0.347 e. The van der Waals surface area contributed by atoms with Crippen molar-refractivity contribution in [1.82, 2.24) is 14.5 Å². The van der Waals surface area contributed by atoms with Crippen LogP contribution in [0.3, 0.4) is 0 Å². The molecule has 0 saturated heterocycles. The third-order valence-electron chi connectivity index (χ3n) is 6.34. The highest BCUT2D eigenvalue weighted by atomic mass is 32.2. The molecule has 1 N–H and O–H groups in total. The number of benzene rings is 1. The van der Waals surface area contributed by atoms with Crippen LogP contribution in [0.5, 0.6) is 0 Å². The van der Waals surface area contributed by atoms with Gasteiger partial charge in [0, 0.05) is 32.5 Å². The van der Waals surface area contributed by atoms with Gasteiger partial charge in [0.25, 0.3) is 0 Å². The SMILES string of the molecule is CC[C@H](C(=O)NCC(=O)N(C)[C@H](/C=C(\C)S(=O)(=O)N(C)C)C(C)C)C(C)(C)c1ccccc1. The standard InChI is InChI=1S/C25H41N3O4S/c1-10-21(25(5,6)20-14-12-11-13-15-20)24(30)26-17-23(29)28(9)22(18(2)3)16-19(4)33(31,32)27(7)8/h11-16,18,21-22H,10,17H2,1-9H3,(H,26,30)/b19-16+/t21-,22-/m1/s1. The Hall–Kier alpha value is -2.19. The first-order valence-corrected chi connectivity index (χ1v) is 12.8. The second-order valence-corrected chi connectivity index (χ2v) is 11.9. The Bertz CT molecular complexity index is 938.